The van der Waals surface area contributed by atoms with E-state index in [9.17, 15) is 0 Å². The molecule has 0 radical (unpaired) electrons. The Balaban J connectivity index is -0.0000000750. The van der Waals surface area contributed by atoms with Gasteiger partial charge in [-0.15, -0.1) is 26.2 Å². The van der Waals surface area contributed by atoms with Gasteiger partial charge in [-0.25, -0.2) is 0 Å². The molecule has 0 aliphatic rings. The Labute approximate surface area is 67.1 Å². The second-order valence-electron chi connectivity index (χ2n) is 3.00. The van der Waals surface area contributed by atoms with E-state index in [1.165, 1.54) is 0 Å². The van der Waals surface area contributed by atoms with Crippen molar-refractivity contribution in [2.24, 2.45) is 0 Å². The Morgan fingerprint density at radius 3 is 0.875 bits per heavy atom. The summed E-state index contributed by atoms with van der Waals surface area (Å²) in [7, 11) is 1.81. The Morgan fingerprint density at radius 2 is 0.875 bits per heavy atom. The Kier molecular flexibility index (Phi) is 16.8. The molecule has 0 bridgehead atoms. The van der Waals surface area contributed by atoms with Crippen LogP contribution < -0.4 is 0 Å². The van der Waals surface area contributed by atoms with Gasteiger partial charge < -0.3 is 0 Å². The molecule has 0 fully saturated rings. The Bertz CT molecular complexity index is 25.9. The molecule has 0 saturated heterocycles. The minimum atomic E-state index is -0.611. The quantitative estimate of drug-likeness (QED) is 0.550. The van der Waals surface area contributed by atoms with E-state index in [4.69, 9.17) is 0 Å². The van der Waals surface area contributed by atoms with Crippen LogP contribution in [0.25, 0.3) is 0 Å². The topological polar surface area (TPSA) is 0 Å². The summed E-state index contributed by atoms with van der Waals surface area (Å²) in [5.74, 6) is 0. The van der Waals surface area contributed by atoms with Gasteiger partial charge in [-0.3, -0.25) is 0 Å². The van der Waals surface area contributed by atoms with Gasteiger partial charge in [0, 0.05) is 0 Å². The molecular formula is C5H19BrP2. The first kappa shape index (κ1) is 16.2. The maximum atomic E-state index is 2.42. The van der Waals surface area contributed by atoms with Crippen molar-refractivity contribution in [3.05, 3.63) is 0 Å². The molecule has 56 valence electrons. The van der Waals surface area contributed by atoms with Crippen LogP contribution in [0.3, 0.4) is 0 Å². The summed E-state index contributed by atoms with van der Waals surface area (Å²) in [6.45, 7) is 11.2. The van der Waals surface area contributed by atoms with Crippen LogP contribution in [0.1, 0.15) is 0 Å². The van der Waals surface area contributed by atoms with Gasteiger partial charge in [0.15, 0.2) is 0 Å². The predicted octanol–water partition coefficient (Wildman–Crippen LogP) is 2.32. The van der Waals surface area contributed by atoms with Gasteiger partial charge >= 0.3 is 33.9 Å². The summed E-state index contributed by atoms with van der Waals surface area (Å²) < 4.78 is 0. The van der Waals surface area contributed by atoms with Crippen LogP contribution in [0.5, 0.6) is 0 Å². The third-order valence-electron chi connectivity index (χ3n) is 0. The second-order valence-corrected chi connectivity index (χ2v) is 9.00. The molecule has 0 aliphatic carbocycles. The molecule has 0 saturated carbocycles. The molecule has 0 aromatic rings. The number of rotatable bonds is 0. The third kappa shape index (κ3) is 164. The van der Waals surface area contributed by atoms with E-state index < -0.39 is 7.26 Å². The van der Waals surface area contributed by atoms with E-state index in [2.05, 4.69) is 35.9 Å². The molecule has 0 aromatic heterocycles. The zero-order valence-corrected chi connectivity index (χ0v) is 10.4. The Hall–Kier alpha value is 1.34. The first-order valence-electron chi connectivity index (χ1n) is 2.58. The van der Waals surface area contributed by atoms with Crippen molar-refractivity contribution in [2.45, 2.75) is 0 Å². The molecule has 0 aromatic carbocycles. The summed E-state index contributed by atoms with van der Waals surface area (Å²) in [5.41, 5.74) is 0. The monoisotopic (exact) mass is 220 g/mol. The molecule has 0 aliphatic heterocycles. The molecule has 0 spiro atoms. The molecule has 0 N–H and O–H groups in total. The van der Waals surface area contributed by atoms with Crippen LogP contribution in [-0.2, 0) is 0 Å². The summed E-state index contributed by atoms with van der Waals surface area (Å²) >= 11 is 0. The van der Waals surface area contributed by atoms with Crippen molar-refractivity contribution in [1.29, 1.82) is 0 Å². The summed E-state index contributed by atoms with van der Waals surface area (Å²) in [6, 6.07) is 0. The van der Waals surface area contributed by atoms with Crippen LogP contribution >= 0.6 is 33.5 Å². The van der Waals surface area contributed by atoms with Crippen LogP contribution in [-0.4, -0.2) is 33.3 Å². The SMILES string of the molecule is Br.CP.C[PH](C)(C)C. The molecule has 0 amide bonds. The van der Waals surface area contributed by atoms with Gasteiger partial charge in [0.05, 0.1) is 0 Å². The van der Waals surface area contributed by atoms with Crippen LogP contribution in [0, 0.1) is 0 Å². The number of halogens is 1. The molecule has 0 rings (SSSR count). The van der Waals surface area contributed by atoms with Crippen LogP contribution in [0.15, 0.2) is 0 Å². The predicted molar refractivity (Wildman–Crippen MR) is 58.0 cm³/mol. The van der Waals surface area contributed by atoms with Crippen molar-refractivity contribution >= 4 is 33.5 Å². The molecule has 1 unspecified atom stereocenters. The van der Waals surface area contributed by atoms with Crippen LogP contribution in [0.2, 0.25) is 0 Å². The van der Waals surface area contributed by atoms with E-state index >= 15 is 0 Å². The molecule has 0 heterocycles. The summed E-state index contributed by atoms with van der Waals surface area (Å²) in [5, 5.41) is 0. The van der Waals surface area contributed by atoms with E-state index in [-0.39, 0.29) is 17.0 Å². The fourth-order valence-electron chi connectivity index (χ4n) is 0. The zero-order valence-electron chi connectivity index (χ0n) is 6.49. The molecule has 0 nitrogen and oxygen atoms in total. The second kappa shape index (κ2) is 8.34. The summed E-state index contributed by atoms with van der Waals surface area (Å²) in [4.78, 5) is 0. The van der Waals surface area contributed by atoms with E-state index in [0.29, 0.717) is 0 Å². The van der Waals surface area contributed by atoms with Crippen LogP contribution in [0.4, 0.5) is 0 Å². The van der Waals surface area contributed by atoms with Gasteiger partial charge in [-0.2, -0.15) is 0 Å². The average molecular weight is 221 g/mol. The fourth-order valence-corrected chi connectivity index (χ4v) is 0. The minimum absolute atomic E-state index is 0. The van der Waals surface area contributed by atoms with Gasteiger partial charge in [0.2, 0.25) is 0 Å². The average Bonchev–Trinajstić information content (AvgIpc) is 1.36. The zero-order chi connectivity index (χ0) is 6.50. The van der Waals surface area contributed by atoms with E-state index in [1.54, 1.807) is 0 Å². The first-order valence-corrected chi connectivity index (χ1v) is 7.73. The Morgan fingerprint density at radius 1 is 0.875 bits per heavy atom. The van der Waals surface area contributed by atoms with Gasteiger partial charge in [0.25, 0.3) is 0 Å². The first-order chi connectivity index (χ1) is 3.00. The molecule has 8 heavy (non-hydrogen) atoms. The van der Waals surface area contributed by atoms with Gasteiger partial charge in [-0.05, 0) is 0 Å². The third-order valence-corrected chi connectivity index (χ3v) is 0. The summed E-state index contributed by atoms with van der Waals surface area (Å²) in [6.07, 6.45) is 0. The van der Waals surface area contributed by atoms with Crippen molar-refractivity contribution < 1.29 is 0 Å². The number of hydrogen-bond acceptors (Lipinski definition) is 0. The molecule has 1 atom stereocenters. The van der Waals surface area contributed by atoms with Gasteiger partial charge in [-0.1, -0.05) is 6.66 Å². The fraction of sp³-hybridized carbons (Fsp3) is 1.00. The van der Waals surface area contributed by atoms with Crippen molar-refractivity contribution in [3.8, 4) is 0 Å². The van der Waals surface area contributed by atoms with E-state index in [1.807, 2.05) is 6.66 Å². The number of hydrogen-bond donors (Lipinski definition) is 0. The molecule has 3 heteroatoms. The van der Waals surface area contributed by atoms with Crippen molar-refractivity contribution in [1.82, 2.24) is 0 Å². The van der Waals surface area contributed by atoms with Crippen molar-refractivity contribution in [3.63, 3.8) is 0 Å². The maximum absolute atomic E-state index is 2.42. The van der Waals surface area contributed by atoms with Gasteiger partial charge in [0.1, 0.15) is 0 Å². The van der Waals surface area contributed by atoms with E-state index in [0.717, 1.165) is 0 Å². The molecular weight excluding hydrogens is 202 g/mol. The standard InChI is InChI=1S/C4H13P.CH5P.BrH/c1-5(2,3)4;1-2;/h5H,1-4H3;2H2,1H3;1H. The van der Waals surface area contributed by atoms with Crippen molar-refractivity contribution in [2.75, 3.05) is 33.3 Å². The normalized spacial score (nSPS) is 10.2.